The van der Waals surface area contributed by atoms with Gasteiger partial charge in [-0.15, -0.1) is 24.8 Å². The molecule has 6 heterocycles. The number of nitrogens with two attached hydrogens (primary N) is 2. The Labute approximate surface area is 693 Å². The predicted molar refractivity (Wildman–Crippen MR) is 446 cm³/mol. The molecule has 0 saturated heterocycles. The van der Waals surface area contributed by atoms with Crippen LogP contribution in [0.4, 0.5) is 26.7 Å². The quantitative estimate of drug-likeness (QED) is 0.0406. The molecule has 12 atom stereocenters. The lowest BCUT2D eigenvalue weighted by atomic mass is 9.92. The van der Waals surface area contributed by atoms with Gasteiger partial charge in [-0.05, 0) is 268 Å². The normalized spacial score (nSPS) is 22.7. The number of carboxylic acid groups (broad SMARTS) is 1. The van der Waals surface area contributed by atoms with Crippen LogP contribution in [-0.4, -0.2) is 161 Å². The van der Waals surface area contributed by atoms with Crippen molar-refractivity contribution < 1.29 is 82.3 Å². The van der Waals surface area contributed by atoms with Crippen LogP contribution in [0.3, 0.4) is 0 Å². The number of aromatic carboxylic acids is 1. The molecule has 0 radical (unpaired) electrons. The van der Waals surface area contributed by atoms with Crippen molar-refractivity contribution in [2.45, 2.75) is 280 Å². The standard InChI is InChI=1S/C17H26N2O4.C16H24N2O4.C13H17NO4.C12H18N2O2.C12H15NO4.C7H6O4.C6H13NO.2ClH/c1-17(2,3)23-16(21)18-14-9-6-10-19(15(14)20)12-7-5-8-13(11-12)22-4;1-16(2,3)22-15(21)17-13-8-5-9-18(14(13)20)11-6-4-7-12(19)10-11;1-18-13(17)11-6-3-7-14(12(11)16)9-4-2-5-10(15)8-9;1-16-10-5-2-4-9(8-10)14-7-3-6-11(13)12(14)15;14-9-4-1-3-8(7-9)13-6-2-5-10(11(13)15)12(16)17;1-10-6(8)5-3-2-4-11-7(5)9;7-5-2-1-3-6(8)4-5;;/h6,9-10,12-13H,5,7-8,11H2,1-4H3,(H,18,21);5,8-9,11-12,19H,4,6-7,10H2,1-3H3,(H,17,21);3,6-7,9-10,15H,2,4-5,8H2,1H3;3,6-7,9-10H,2,4-5,8,13H2,1H3;2,5-6,8-9,14H,1,3-4,7H2,(H,16,17);2-4H,1H3;5-6,8H,1-4,7H2;2*1H/t12?,13-;11?,12-;2*9?,10-;8?,9-;;5-,6-;;/m00000.0../s1. The third-order valence-electron chi connectivity index (χ3n) is 20.3. The molecule has 6 aromatic heterocycles. The number of ether oxygens (including phenoxy) is 6. The molecule has 11 N–H and O–H groups in total. The van der Waals surface area contributed by atoms with Crippen LogP contribution in [0, 0.1) is 0 Å². The van der Waals surface area contributed by atoms with E-state index in [1.165, 1.54) is 53.9 Å². The Bertz CT molecular complexity index is 4480. The van der Waals surface area contributed by atoms with Gasteiger partial charge in [0.1, 0.15) is 39.3 Å². The fourth-order valence-electron chi connectivity index (χ4n) is 14.6. The summed E-state index contributed by atoms with van der Waals surface area (Å²) in [5, 5.41) is 51.9. The zero-order valence-corrected chi connectivity index (χ0v) is 70.2. The summed E-state index contributed by atoms with van der Waals surface area (Å²) in [6.45, 7) is 10.6. The molecular weight excluding hydrogens is 1560 g/mol. The summed E-state index contributed by atoms with van der Waals surface area (Å²) in [7, 11) is 5.89. The number of nitrogens with zero attached hydrogens (tertiary/aromatic N) is 5. The predicted octanol–water partition coefficient (Wildman–Crippen LogP) is 11.2. The highest BCUT2D eigenvalue weighted by molar-refractivity contribution is 5.89. The van der Waals surface area contributed by atoms with E-state index in [-0.39, 0.29) is 142 Å². The van der Waals surface area contributed by atoms with Crippen LogP contribution in [0.25, 0.3) is 0 Å². The lowest BCUT2D eigenvalue weighted by Gasteiger charge is -2.29. The number of hydrogen-bond donors (Lipinski definition) is 9. The smallest absolute Gasteiger partial charge is 0.412 e. The van der Waals surface area contributed by atoms with Crippen molar-refractivity contribution in [1.82, 2.24) is 22.8 Å². The van der Waals surface area contributed by atoms with E-state index in [1.807, 2.05) is 12.3 Å². The molecule has 5 unspecified atom stereocenters. The summed E-state index contributed by atoms with van der Waals surface area (Å²) in [6.07, 6.45) is 28.7. The average Bonchev–Trinajstić information content (AvgIpc) is 0.834. The molecule has 0 aromatic carbocycles. The number of halogens is 2. The van der Waals surface area contributed by atoms with Crippen molar-refractivity contribution in [2.24, 2.45) is 5.73 Å². The highest BCUT2D eigenvalue weighted by Gasteiger charge is 2.30. The first-order chi connectivity index (χ1) is 54.5. The summed E-state index contributed by atoms with van der Waals surface area (Å²) < 4.78 is 42.5. The van der Waals surface area contributed by atoms with E-state index >= 15 is 0 Å². The molecule has 32 nitrogen and oxygen atoms in total. The minimum absolute atomic E-state index is 0. The Morgan fingerprint density at radius 3 is 1.09 bits per heavy atom. The number of nitrogens with one attached hydrogen (secondary N) is 2. The highest BCUT2D eigenvalue weighted by atomic mass is 35.5. The van der Waals surface area contributed by atoms with Crippen molar-refractivity contribution in [2.75, 3.05) is 44.8 Å². The molecule has 0 spiro atoms. The second-order valence-corrected chi connectivity index (χ2v) is 31.4. The lowest BCUT2D eigenvalue weighted by Crippen LogP contribution is -2.34. The van der Waals surface area contributed by atoms with E-state index in [2.05, 4.69) is 24.5 Å². The van der Waals surface area contributed by atoms with E-state index < -0.39 is 58.6 Å². The van der Waals surface area contributed by atoms with Crippen molar-refractivity contribution in [1.29, 1.82) is 0 Å². The van der Waals surface area contributed by atoms with E-state index in [9.17, 15) is 68.1 Å². The number of methoxy groups -OCH3 is 4. The Morgan fingerprint density at radius 1 is 0.419 bits per heavy atom. The molecule has 650 valence electrons. The fourth-order valence-corrected chi connectivity index (χ4v) is 14.6. The maximum absolute atomic E-state index is 12.6. The van der Waals surface area contributed by atoms with Crippen LogP contribution in [0.15, 0.2) is 143 Å². The molecule has 6 saturated carbocycles. The molecule has 6 aliphatic rings. The number of hydrogen-bond acceptors (Lipinski definition) is 24. The minimum Gasteiger partial charge on any atom is -0.477 e. The van der Waals surface area contributed by atoms with Crippen LogP contribution in [0.2, 0.25) is 0 Å². The molecule has 0 bridgehead atoms. The number of amides is 2. The van der Waals surface area contributed by atoms with Gasteiger partial charge in [0, 0.05) is 81.5 Å². The molecule has 6 aromatic rings. The van der Waals surface area contributed by atoms with Crippen LogP contribution in [0.1, 0.15) is 257 Å². The van der Waals surface area contributed by atoms with Crippen LogP contribution in [-0.2, 0) is 28.4 Å². The van der Waals surface area contributed by atoms with Gasteiger partial charge in [0.2, 0.25) is 0 Å². The van der Waals surface area contributed by atoms with Gasteiger partial charge in [0.25, 0.3) is 27.8 Å². The van der Waals surface area contributed by atoms with Crippen molar-refractivity contribution in [3.05, 3.63) is 189 Å². The first-order valence-electron chi connectivity index (χ1n) is 39.4. The van der Waals surface area contributed by atoms with E-state index in [1.54, 1.807) is 137 Å². The molecule has 6 aliphatic carbocycles. The van der Waals surface area contributed by atoms with E-state index in [0.717, 1.165) is 135 Å². The van der Waals surface area contributed by atoms with Gasteiger partial charge in [0.05, 0.1) is 62.8 Å². The summed E-state index contributed by atoms with van der Waals surface area (Å²) in [5.74, 6) is -2.51. The van der Waals surface area contributed by atoms with Gasteiger partial charge in [-0.25, -0.2) is 28.8 Å². The Kier molecular flexibility index (Phi) is 42.1. The third-order valence-corrected chi connectivity index (χ3v) is 20.3. The second kappa shape index (κ2) is 49.2. The largest absolute Gasteiger partial charge is 0.477 e. The summed E-state index contributed by atoms with van der Waals surface area (Å²) in [5.41, 5.74) is 8.39. The van der Waals surface area contributed by atoms with Crippen molar-refractivity contribution in [3.63, 3.8) is 0 Å². The van der Waals surface area contributed by atoms with Gasteiger partial charge in [-0.1, -0.05) is 0 Å². The second-order valence-electron chi connectivity index (χ2n) is 31.4. The number of nitrogen functional groups attached to an aromatic ring is 1. The summed E-state index contributed by atoms with van der Waals surface area (Å²) in [4.78, 5) is 129. The van der Waals surface area contributed by atoms with Crippen LogP contribution >= 0.6 is 24.8 Å². The Hall–Kier alpha value is -9.25. The number of anilines is 3. The molecule has 6 fully saturated rings. The highest BCUT2D eigenvalue weighted by Crippen LogP contribution is 2.33. The van der Waals surface area contributed by atoms with Crippen molar-refractivity contribution in [3.8, 4) is 0 Å². The number of aromatic nitrogens is 5. The number of aliphatic hydroxyl groups excluding tert-OH is 4. The molecule has 2 amide bonds. The molecule has 34 heteroatoms. The number of aliphatic hydroxyl groups is 4. The maximum atomic E-state index is 12.6. The number of pyridine rings is 5. The molecule has 117 heavy (non-hydrogen) atoms. The maximum Gasteiger partial charge on any atom is 0.412 e. The Balaban J connectivity index is 0.000000292. The summed E-state index contributed by atoms with van der Waals surface area (Å²) >= 11 is 0. The van der Waals surface area contributed by atoms with Crippen LogP contribution < -0.4 is 55.5 Å². The van der Waals surface area contributed by atoms with Gasteiger partial charge in [-0.2, -0.15) is 0 Å². The van der Waals surface area contributed by atoms with E-state index in [0.29, 0.717) is 24.9 Å². The van der Waals surface area contributed by atoms with E-state index in [4.69, 9.17) is 40.6 Å². The first-order valence-corrected chi connectivity index (χ1v) is 39.4. The van der Waals surface area contributed by atoms with Gasteiger partial charge < -0.3 is 92.7 Å². The summed E-state index contributed by atoms with van der Waals surface area (Å²) in [6, 6.07) is 19.3. The SMILES string of the molecule is CC(C)(C)OC(=O)Nc1cccn(C2CCC[C@H](O)C2)c1=O.COC(=O)c1cccn(C2CCC[C@H](O)C2)c1=O.COC(=O)c1cccoc1=O.CO[C@H]1CCCC(n2cccc(N)c2=O)C1.CO[C@H]1CCCC(n2cccc(NC(=O)OC(C)(C)C)c2=O)C1.Cl.Cl.N[C@H]1CCC[C@H](O)C1.O=C(O)c1cccn(C2CCC[C@H](O)C2)c1=O. The first kappa shape index (κ1) is 100. The number of esters is 2. The monoisotopic (exact) mass is 1680 g/mol. The zero-order valence-electron chi connectivity index (χ0n) is 68.6. The van der Waals surface area contributed by atoms with Gasteiger partial charge >= 0.3 is 35.7 Å². The van der Waals surface area contributed by atoms with Gasteiger partial charge in [0.15, 0.2) is 0 Å². The number of carbonyl (C=O) groups excluding carboxylic acids is 4. The van der Waals surface area contributed by atoms with Crippen LogP contribution in [0.5, 0.6) is 0 Å². The topological polar surface area (TPSA) is 458 Å². The molecular formula is C83H121Cl2N9O23. The molecule has 0 aliphatic heterocycles. The Morgan fingerprint density at radius 2 is 0.744 bits per heavy atom. The van der Waals surface area contributed by atoms with Gasteiger partial charge in [-0.3, -0.25) is 34.6 Å². The zero-order chi connectivity index (χ0) is 84.7. The number of rotatable bonds is 12. The fraction of sp³-hybridized carbons (Fsp3) is 0.578. The average molecular weight is 1680 g/mol. The molecule has 12 rings (SSSR count). The minimum atomic E-state index is -1.21. The number of carbonyl (C=O) groups is 5. The number of carboxylic acids is 1. The third kappa shape index (κ3) is 32.5. The van der Waals surface area contributed by atoms with Crippen molar-refractivity contribution >= 4 is 72.0 Å². The lowest BCUT2D eigenvalue weighted by molar-refractivity contribution is 0.0523.